The predicted octanol–water partition coefficient (Wildman–Crippen LogP) is 1.10. The Balaban J connectivity index is 2.17. The van der Waals surface area contributed by atoms with E-state index in [-0.39, 0.29) is 0 Å². The molecule has 2 N–H and O–H groups in total. The minimum Gasteiger partial charge on any atom is -0.388 e. The molecule has 15 heavy (non-hydrogen) atoms. The molecule has 1 fully saturated rings. The van der Waals surface area contributed by atoms with E-state index in [1.54, 1.807) is 12.4 Å². The molecule has 1 aromatic rings. The molecule has 1 heterocycles. The first-order valence-electron chi connectivity index (χ1n) is 5.11. The second-order valence-corrected chi connectivity index (χ2v) is 4.08. The standard InChI is InChI=1S/C10H14N4S/c1-2-14(7-3-4-7)9-6-12-8(5-13-9)10(11)15/h5-7H,2-4H2,1H3,(H2,11,15). The van der Waals surface area contributed by atoms with E-state index in [2.05, 4.69) is 21.8 Å². The molecule has 0 aliphatic heterocycles. The quantitative estimate of drug-likeness (QED) is 0.773. The molecule has 5 heteroatoms. The van der Waals surface area contributed by atoms with E-state index in [0.717, 1.165) is 12.4 Å². The maximum Gasteiger partial charge on any atom is 0.147 e. The van der Waals surface area contributed by atoms with Crippen molar-refractivity contribution in [3.8, 4) is 0 Å². The summed E-state index contributed by atoms with van der Waals surface area (Å²) in [5.41, 5.74) is 6.04. The van der Waals surface area contributed by atoms with Gasteiger partial charge in [-0.25, -0.2) is 9.97 Å². The monoisotopic (exact) mass is 222 g/mol. The van der Waals surface area contributed by atoms with Crippen molar-refractivity contribution in [2.45, 2.75) is 25.8 Å². The Kier molecular flexibility index (Phi) is 2.81. The Hall–Kier alpha value is -1.23. The van der Waals surface area contributed by atoms with E-state index in [1.165, 1.54) is 12.8 Å². The molecule has 1 aliphatic carbocycles. The Labute approximate surface area is 94.5 Å². The molecule has 1 aliphatic rings. The fourth-order valence-corrected chi connectivity index (χ4v) is 1.70. The minimum atomic E-state index is 0.295. The third kappa shape index (κ3) is 2.23. The Bertz CT molecular complexity index is 358. The van der Waals surface area contributed by atoms with Crippen LogP contribution in [0.2, 0.25) is 0 Å². The molecule has 80 valence electrons. The van der Waals surface area contributed by atoms with Crippen LogP contribution in [0.4, 0.5) is 5.82 Å². The molecule has 0 unspecified atom stereocenters. The van der Waals surface area contributed by atoms with Crippen molar-refractivity contribution in [2.24, 2.45) is 5.73 Å². The zero-order valence-electron chi connectivity index (χ0n) is 8.68. The van der Waals surface area contributed by atoms with Crippen LogP contribution in [-0.2, 0) is 0 Å². The molecule has 0 radical (unpaired) electrons. The van der Waals surface area contributed by atoms with E-state index >= 15 is 0 Å². The van der Waals surface area contributed by atoms with E-state index in [4.69, 9.17) is 18.0 Å². The summed E-state index contributed by atoms with van der Waals surface area (Å²) in [6, 6.07) is 0.653. The number of thiocarbonyl (C=S) groups is 1. The zero-order chi connectivity index (χ0) is 10.8. The smallest absolute Gasteiger partial charge is 0.147 e. The number of hydrogen-bond acceptors (Lipinski definition) is 4. The summed E-state index contributed by atoms with van der Waals surface area (Å²) in [6.45, 7) is 3.09. The number of nitrogens with two attached hydrogens (primary N) is 1. The highest BCUT2D eigenvalue weighted by Crippen LogP contribution is 2.29. The lowest BCUT2D eigenvalue weighted by atomic mass is 10.4. The van der Waals surface area contributed by atoms with Gasteiger partial charge in [-0.2, -0.15) is 0 Å². The summed E-state index contributed by atoms with van der Waals surface area (Å²) in [5, 5.41) is 0. The van der Waals surface area contributed by atoms with Crippen LogP contribution in [0, 0.1) is 0 Å². The van der Waals surface area contributed by atoms with Gasteiger partial charge in [0.15, 0.2) is 0 Å². The van der Waals surface area contributed by atoms with Gasteiger partial charge in [0.2, 0.25) is 0 Å². The fourth-order valence-electron chi connectivity index (χ4n) is 1.59. The molecular weight excluding hydrogens is 208 g/mol. The molecule has 0 spiro atoms. The Morgan fingerprint density at radius 2 is 2.27 bits per heavy atom. The van der Waals surface area contributed by atoms with Crippen LogP contribution in [0.15, 0.2) is 12.4 Å². The van der Waals surface area contributed by atoms with Crippen LogP contribution in [0.3, 0.4) is 0 Å². The lowest BCUT2D eigenvalue weighted by molar-refractivity contribution is 0.803. The molecule has 0 amide bonds. The summed E-state index contributed by atoms with van der Waals surface area (Å²) in [7, 11) is 0. The van der Waals surface area contributed by atoms with Gasteiger partial charge in [-0.1, -0.05) is 12.2 Å². The van der Waals surface area contributed by atoms with Crippen molar-refractivity contribution in [3.63, 3.8) is 0 Å². The normalized spacial score (nSPS) is 15.0. The number of anilines is 1. The average molecular weight is 222 g/mol. The molecule has 1 saturated carbocycles. The van der Waals surface area contributed by atoms with Gasteiger partial charge in [-0.05, 0) is 19.8 Å². The molecule has 2 rings (SSSR count). The van der Waals surface area contributed by atoms with Gasteiger partial charge >= 0.3 is 0 Å². The summed E-state index contributed by atoms with van der Waals surface area (Å²) in [6.07, 6.45) is 5.90. The predicted molar refractivity (Wildman–Crippen MR) is 64.0 cm³/mol. The van der Waals surface area contributed by atoms with Crippen LogP contribution in [-0.4, -0.2) is 27.5 Å². The van der Waals surface area contributed by atoms with Gasteiger partial charge in [-0.3, -0.25) is 0 Å². The van der Waals surface area contributed by atoms with Crippen molar-refractivity contribution in [3.05, 3.63) is 18.1 Å². The molecular formula is C10H14N4S. The van der Waals surface area contributed by atoms with Crippen molar-refractivity contribution < 1.29 is 0 Å². The topological polar surface area (TPSA) is 55.0 Å². The number of nitrogens with zero attached hydrogens (tertiary/aromatic N) is 3. The highest BCUT2D eigenvalue weighted by atomic mass is 32.1. The maximum atomic E-state index is 5.46. The Morgan fingerprint density at radius 3 is 2.67 bits per heavy atom. The molecule has 0 bridgehead atoms. The Morgan fingerprint density at radius 1 is 1.53 bits per heavy atom. The maximum absolute atomic E-state index is 5.46. The van der Waals surface area contributed by atoms with Gasteiger partial charge in [0, 0.05) is 12.6 Å². The molecule has 1 aromatic heterocycles. The summed E-state index contributed by atoms with van der Waals surface area (Å²) in [4.78, 5) is 11.1. The van der Waals surface area contributed by atoms with Crippen molar-refractivity contribution in [1.82, 2.24) is 9.97 Å². The second-order valence-electron chi connectivity index (χ2n) is 3.64. The third-order valence-electron chi connectivity index (χ3n) is 2.51. The highest BCUT2D eigenvalue weighted by Gasteiger charge is 2.28. The first kappa shape index (κ1) is 10.3. The van der Waals surface area contributed by atoms with E-state index in [9.17, 15) is 0 Å². The van der Waals surface area contributed by atoms with Crippen LogP contribution >= 0.6 is 12.2 Å². The van der Waals surface area contributed by atoms with Crippen LogP contribution in [0.5, 0.6) is 0 Å². The summed E-state index contributed by atoms with van der Waals surface area (Å²) in [5.74, 6) is 0.917. The van der Waals surface area contributed by atoms with Gasteiger partial charge in [0.1, 0.15) is 16.5 Å². The third-order valence-corrected chi connectivity index (χ3v) is 2.72. The van der Waals surface area contributed by atoms with Crippen molar-refractivity contribution in [1.29, 1.82) is 0 Å². The average Bonchev–Trinajstić information content (AvgIpc) is 3.04. The molecule has 4 nitrogen and oxygen atoms in total. The second kappa shape index (κ2) is 4.10. The van der Waals surface area contributed by atoms with E-state index < -0.39 is 0 Å². The number of rotatable bonds is 4. The molecule has 0 aromatic carbocycles. The largest absolute Gasteiger partial charge is 0.388 e. The first-order chi connectivity index (χ1) is 7.22. The van der Waals surface area contributed by atoms with Crippen LogP contribution < -0.4 is 10.6 Å². The summed E-state index contributed by atoms with van der Waals surface area (Å²) >= 11 is 4.82. The lowest BCUT2D eigenvalue weighted by Crippen LogP contribution is -2.26. The zero-order valence-corrected chi connectivity index (χ0v) is 9.50. The number of hydrogen-bond donors (Lipinski definition) is 1. The number of aromatic nitrogens is 2. The SMILES string of the molecule is CCN(c1cnc(C(N)=S)cn1)C1CC1. The van der Waals surface area contributed by atoms with Crippen LogP contribution in [0.25, 0.3) is 0 Å². The fraction of sp³-hybridized carbons (Fsp3) is 0.500. The first-order valence-corrected chi connectivity index (χ1v) is 5.51. The van der Waals surface area contributed by atoms with Gasteiger partial charge in [-0.15, -0.1) is 0 Å². The molecule has 0 saturated heterocycles. The highest BCUT2D eigenvalue weighted by molar-refractivity contribution is 7.80. The van der Waals surface area contributed by atoms with E-state index in [0.29, 0.717) is 16.7 Å². The summed E-state index contributed by atoms with van der Waals surface area (Å²) < 4.78 is 0. The molecule has 0 atom stereocenters. The van der Waals surface area contributed by atoms with Gasteiger partial charge < -0.3 is 10.6 Å². The van der Waals surface area contributed by atoms with E-state index in [1.807, 2.05) is 0 Å². The van der Waals surface area contributed by atoms with Gasteiger partial charge in [0.05, 0.1) is 12.4 Å². The van der Waals surface area contributed by atoms with Crippen molar-refractivity contribution in [2.75, 3.05) is 11.4 Å². The minimum absolute atomic E-state index is 0.295. The van der Waals surface area contributed by atoms with Crippen molar-refractivity contribution >= 4 is 23.0 Å². The van der Waals surface area contributed by atoms with Crippen LogP contribution in [0.1, 0.15) is 25.5 Å². The van der Waals surface area contributed by atoms with Gasteiger partial charge in [0.25, 0.3) is 0 Å². The lowest BCUT2D eigenvalue weighted by Gasteiger charge is -2.20.